The van der Waals surface area contributed by atoms with Gasteiger partial charge in [0.15, 0.2) is 23.2 Å². The van der Waals surface area contributed by atoms with Crippen LogP contribution in [0, 0.1) is 18.6 Å². The molecule has 10 nitrogen and oxygen atoms in total. The first-order valence-corrected chi connectivity index (χ1v) is 15.9. The van der Waals surface area contributed by atoms with Gasteiger partial charge in [0.05, 0.1) is 46.9 Å². The number of nitrogens with two attached hydrogens (primary N) is 2. The molecule has 4 N–H and O–H groups in total. The van der Waals surface area contributed by atoms with Crippen LogP contribution in [0.25, 0.3) is 22.2 Å². The maximum absolute atomic E-state index is 16.4. The number of benzene rings is 1. The Kier molecular flexibility index (Phi) is 9.30. The number of fused-ring (bicyclic) bond motifs is 1. The molecule has 0 radical (unpaired) electrons. The SMILES string of the molecule is COc1nc2c3c(c(Cl)c(-c4nc(N)c(F)c(C)c4C(F)(F)F)c(F)c3n1)OCCN2C(C)c1cccnc1N.FC1CC2CCCN2C1. The molecule has 3 atom stereocenters. The number of alkyl halides is 4. The molecule has 4 aromatic rings. The van der Waals surface area contributed by atoms with Crippen molar-refractivity contribution >= 4 is 40.0 Å². The number of anilines is 3. The van der Waals surface area contributed by atoms with Gasteiger partial charge in [-0.25, -0.2) is 23.1 Å². The van der Waals surface area contributed by atoms with E-state index in [1.807, 2.05) is 6.92 Å². The Bertz CT molecular complexity index is 1900. The first-order chi connectivity index (χ1) is 23.2. The van der Waals surface area contributed by atoms with Crippen molar-refractivity contribution in [1.82, 2.24) is 24.8 Å². The molecule has 3 aliphatic rings. The van der Waals surface area contributed by atoms with Crippen molar-refractivity contribution in [3.05, 3.63) is 51.7 Å². The summed E-state index contributed by atoms with van der Waals surface area (Å²) < 4.78 is 96.9. The molecule has 0 spiro atoms. The van der Waals surface area contributed by atoms with E-state index in [0.717, 1.165) is 19.9 Å². The number of hydrogen-bond acceptors (Lipinski definition) is 10. The minimum Gasteiger partial charge on any atom is -0.489 e. The molecule has 1 aromatic carbocycles. The smallest absolute Gasteiger partial charge is 0.418 e. The maximum Gasteiger partial charge on any atom is 0.418 e. The minimum absolute atomic E-state index is 0.0146. The van der Waals surface area contributed by atoms with Gasteiger partial charge in [-0.2, -0.15) is 23.1 Å². The summed E-state index contributed by atoms with van der Waals surface area (Å²) in [6, 6.07) is 3.33. The molecule has 2 fully saturated rings. The molecule has 7 rings (SSSR count). The summed E-state index contributed by atoms with van der Waals surface area (Å²) in [5, 5.41) is -0.557. The predicted octanol–water partition coefficient (Wildman–Crippen LogP) is 6.67. The topological polar surface area (TPSA) is 129 Å². The van der Waals surface area contributed by atoms with Crippen molar-refractivity contribution in [3.8, 4) is 23.0 Å². The first kappa shape index (κ1) is 34.5. The van der Waals surface area contributed by atoms with E-state index in [2.05, 4.69) is 24.8 Å². The molecule has 17 heteroatoms. The van der Waals surface area contributed by atoms with Crippen molar-refractivity contribution in [2.75, 3.05) is 49.7 Å². The second-order valence-corrected chi connectivity index (χ2v) is 12.4. The fourth-order valence-corrected chi connectivity index (χ4v) is 7.14. The van der Waals surface area contributed by atoms with E-state index in [1.54, 1.807) is 17.0 Å². The monoisotopic (exact) mass is 710 g/mol. The van der Waals surface area contributed by atoms with E-state index in [-0.39, 0.29) is 41.9 Å². The standard InChI is InChI=1S/C25H21ClF5N7O2.C7H12FN/c1-9-14(25(29,30)31)18(35-22(33)16(9)27)12-15(26)20-13-19(17(12)28)36-24(39-3)37-23(13)38(7-8-40-20)10(2)11-5-4-6-34-21(11)32;8-6-4-7-2-1-3-9(7)5-6/h4-6,10H,7-8H2,1-3H3,(H2,32,34)(H2,33,35);6-7H,1-5H2. The number of nitrogens with zero attached hydrogens (tertiary/aromatic N) is 6. The molecular formula is C32H33ClF6N8O2. The van der Waals surface area contributed by atoms with Gasteiger partial charge in [0.2, 0.25) is 0 Å². The number of aromatic nitrogens is 4. The molecule has 49 heavy (non-hydrogen) atoms. The zero-order valence-corrected chi connectivity index (χ0v) is 27.5. The Balaban J connectivity index is 0.000000396. The lowest BCUT2D eigenvalue weighted by molar-refractivity contribution is -0.137. The number of ether oxygens (including phenoxy) is 2. The number of methoxy groups -OCH3 is 1. The Morgan fingerprint density at radius 3 is 2.53 bits per heavy atom. The van der Waals surface area contributed by atoms with Crippen LogP contribution in [-0.4, -0.2) is 70.4 Å². The van der Waals surface area contributed by atoms with Gasteiger partial charge in [0.25, 0.3) is 0 Å². The summed E-state index contributed by atoms with van der Waals surface area (Å²) in [5.41, 5.74) is 7.61. The Labute approximate surface area is 282 Å². The summed E-state index contributed by atoms with van der Waals surface area (Å²) in [5.74, 6) is -3.32. The molecule has 0 saturated carbocycles. The average molecular weight is 711 g/mol. The van der Waals surface area contributed by atoms with Crippen LogP contribution in [0.1, 0.15) is 48.9 Å². The van der Waals surface area contributed by atoms with Gasteiger partial charge in [-0.15, -0.1) is 0 Å². The quantitative estimate of drug-likeness (QED) is 0.222. The van der Waals surface area contributed by atoms with Crippen molar-refractivity contribution in [2.45, 2.75) is 57.5 Å². The first-order valence-electron chi connectivity index (χ1n) is 15.5. The van der Waals surface area contributed by atoms with E-state index in [1.165, 1.54) is 26.1 Å². The second-order valence-electron chi connectivity index (χ2n) is 12.1. The van der Waals surface area contributed by atoms with Crippen LogP contribution >= 0.6 is 11.6 Å². The summed E-state index contributed by atoms with van der Waals surface area (Å²) in [6.45, 7) is 4.68. The third-order valence-corrected chi connectivity index (χ3v) is 9.50. The maximum atomic E-state index is 16.4. The average Bonchev–Trinajstić information content (AvgIpc) is 3.57. The summed E-state index contributed by atoms with van der Waals surface area (Å²) in [4.78, 5) is 20.2. The van der Waals surface area contributed by atoms with Crippen molar-refractivity contribution < 1.29 is 35.8 Å². The molecule has 2 saturated heterocycles. The van der Waals surface area contributed by atoms with E-state index >= 15 is 4.39 Å². The molecule has 3 unspecified atom stereocenters. The van der Waals surface area contributed by atoms with Crippen molar-refractivity contribution in [2.24, 2.45) is 0 Å². The normalized spacial score (nSPS) is 19.6. The van der Waals surface area contributed by atoms with Gasteiger partial charge < -0.3 is 25.8 Å². The lowest BCUT2D eigenvalue weighted by Gasteiger charge is -2.30. The van der Waals surface area contributed by atoms with Gasteiger partial charge in [0, 0.05) is 29.9 Å². The molecule has 0 amide bonds. The number of pyridine rings is 2. The van der Waals surface area contributed by atoms with E-state index in [9.17, 15) is 22.0 Å². The highest BCUT2D eigenvalue weighted by molar-refractivity contribution is 6.36. The lowest BCUT2D eigenvalue weighted by Crippen LogP contribution is -2.31. The number of nitrogen functional groups attached to an aromatic ring is 2. The Morgan fingerprint density at radius 2 is 1.86 bits per heavy atom. The van der Waals surface area contributed by atoms with Crippen molar-refractivity contribution in [1.29, 1.82) is 0 Å². The summed E-state index contributed by atoms with van der Waals surface area (Å²) >= 11 is 6.57. The van der Waals surface area contributed by atoms with Gasteiger partial charge >= 0.3 is 12.2 Å². The van der Waals surface area contributed by atoms with Crippen LogP contribution in [0.15, 0.2) is 18.3 Å². The second kappa shape index (κ2) is 13.2. The van der Waals surface area contributed by atoms with E-state index in [0.29, 0.717) is 18.2 Å². The van der Waals surface area contributed by atoms with Crippen LogP contribution in [0.5, 0.6) is 11.8 Å². The highest BCUT2D eigenvalue weighted by atomic mass is 35.5. The highest BCUT2D eigenvalue weighted by Gasteiger charge is 2.41. The fraction of sp³-hybridized carbons (Fsp3) is 0.438. The van der Waals surface area contributed by atoms with Crippen LogP contribution in [0.2, 0.25) is 5.02 Å². The van der Waals surface area contributed by atoms with E-state index < -0.39 is 68.8 Å². The summed E-state index contributed by atoms with van der Waals surface area (Å²) in [6.07, 6.45) is -0.791. The lowest BCUT2D eigenvalue weighted by atomic mass is 9.98. The van der Waals surface area contributed by atoms with Crippen LogP contribution in [0.4, 0.5) is 43.8 Å². The van der Waals surface area contributed by atoms with Gasteiger partial charge in [0.1, 0.15) is 29.9 Å². The number of hydrogen-bond donors (Lipinski definition) is 2. The van der Waals surface area contributed by atoms with Gasteiger partial charge in [-0.1, -0.05) is 17.7 Å². The minimum atomic E-state index is -5.13. The van der Waals surface area contributed by atoms with E-state index in [4.69, 9.17) is 32.5 Å². The molecular weight excluding hydrogens is 678 g/mol. The van der Waals surface area contributed by atoms with Crippen LogP contribution < -0.4 is 25.8 Å². The van der Waals surface area contributed by atoms with Crippen LogP contribution in [-0.2, 0) is 6.18 Å². The number of rotatable bonds is 4. The Hall–Kier alpha value is -4.31. The molecule has 0 bridgehead atoms. The van der Waals surface area contributed by atoms with Gasteiger partial charge in [-0.3, -0.25) is 4.90 Å². The predicted molar refractivity (Wildman–Crippen MR) is 172 cm³/mol. The molecule has 0 aliphatic carbocycles. The third kappa shape index (κ3) is 6.20. The van der Waals surface area contributed by atoms with Gasteiger partial charge in [-0.05, 0) is 45.7 Å². The molecule has 3 aliphatic heterocycles. The van der Waals surface area contributed by atoms with Crippen molar-refractivity contribution in [3.63, 3.8) is 0 Å². The zero-order valence-electron chi connectivity index (χ0n) is 26.7. The molecule has 262 valence electrons. The molecule has 6 heterocycles. The van der Waals surface area contributed by atoms with Crippen LogP contribution in [0.3, 0.4) is 0 Å². The largest absolute Gasteiger partial charge is 0.489 e. The zero-order chi connectivity index (χ0) is 35.4. The Morgan fingerprint density at radius 1 is 1.10 bits per heavy atom. The third-order valence-electron chi connectivity index (χ3n) is 9.14. The molecule has 3 aromatic heterocycles. The number of halogens is 7. The highest BCUT2D eigenvalue weighted by Crippen LogP contribution is 2.51. The fourth-order valence-electron chi connectivity index (χ4n) is 6.82. The summed E-state index contributed by atoms with van der Waals surface area (Å²) in [7, 11) is 1.25.